The van der Waals surface area contributed by atoms with E-state index in [9.17, 15) is 4.79 Å². The SMILES string of the molecule is O=C([C@@H]1COc2ccccc2O1)N1CC[NH+](Cc2cc(-c3cccs3)on2)CC1. The molecule has 150 valence electrons. The highest BCUT2D eigenvalue weighted by Gasteiger charge is 2.33. The molecule has 0 bridgehead atoms. The number of carbonyl (C=O) groups is 1. The van der Waals surface area contributed by atoms with E-state index in [1.165, 1.54) is 4.90 Å². The topological polar surface area (TPSA) is 69.2 Å². The van der Waals surface area contributed by atoms with Crippen LogP contribution < -0.4 is 14.4 Å². The first-order chi connectivity index (χ1) is 14.3. The highest BCUT2D eigenvalue weighted by Crippen LogP contribution is 2.31. The van der Waals surface area contributed by atoms with E-state index in [4.69, 9.17) is 14.0 Å². The Hall–Kier alpha value is -2.84. The fraction of sp³-hybridized carbons (Fsp3) is 0.333. The van der Waals surface area contributed by atoms with E-state index in [-0.39, 0.29) is 12.5 Å². The second-order valence-electron chi connectivity index (χ2n) is 7.28. The van der Waals surface area contributed by atoms with Crippen molar-refractivity contribution in [2.75, 3.05) is 32.8 Å². The van der Waals surface area contributed by atoms with Crippen LogP contribution in [-0.4, -0.2) is 54.9 Å². The lowest BCUT2D eigenvalue weighted by Crippen LogP contribution is -3.13. The molecule has 5 rings (SSSR count). The number of hydrogen-bond acceptors (Lipinski definition) is 6. The molecule has 7 nitrogen and oxygen atoms in total. The van der Waals surface area contributed by atoms with Crippen molar-refractivity contribution in [1.29, 1.82) is 0 Å². The maximum Gasteiger partial charge on any atom is 0.267 e. The summed E-state index contributed by atoms with van der Waals surface area (Å²) in [4.78, 5) is 17.2. The van der Waals surface area contributed by atoms with E-state index >= 15 is 0 Å². The van der Waals surface area contributed by atoms with Gasteiger partial charge in [0, 0.05) is 6.07 Å². The van der Waals surface area contributed by atoms with Crippen LogP contribution in [0.5, 0.6) is 11.5 Å². The third kappa shape index (κ3) is 3.86. The Morgan fingerprint density at radius 1 is 1.17 bits per heavy atom. The third-order valence-electron chi connectivity index (χ3n) is 5.32. The molecule has 2 aliphatic heterocycles. The Kier molecular flexibility index (Phi) is 4.95. The van der Waals surface area contributed by atoms with Gasteiger partial charge in [0.1, 0.15) is 18.8 Å². The minimum Gasteiger partial charge on any atom is -0.485 e. The van der Waals surface area contributed by atoms with E-state index in [2.05, 4.69) is 5.16 Å². The first-order valence-electron chi connectivity index (χ1n) is 9.76. The number of aromatic nitrogens is 1. The summed E-state index contributed by atoms with van der Waals surface area (Å²) >= 11 is 1.64. The molecule has 3 aromatic rings. The summed E-state index contributed by atoms with van der Waals surface area (Å²) in [5.41, 5.74) is 0.948. The van der Waals surface area contributed by atoms with Crippen LogP contribution in [0.4, 0.5) is 0 Å². The van der Waals surface area contributed by atoms with Crippen LogP contribution in [0.3, 0.4) is 0 Å². The van der Waals surface area contributed by atoms with Crippen LogP contribution >= 0.6 is 11.3 Å². The predicted octanol–water partition coefficient (Wildman–Crippen LogP) is 1.47. The third-order valence-corrected chi connectivity index (χ3v) is 6.20. The van der Waals surface area contributed by atoms with Crippen LogP contribution in [-0.2, 0) is 11.3 Å². The molecular weight excluding hydrogens is 390 g/mol. The lowest BCUT2D eigenvalue weighted by molar-refractivity contribution is -0.918. The number of quaternary nitrogens is 1. The van der Waals surface area contributed by atoms with Crippen molar-refractivity contribution in [2.24, 2.45) is 0 Å². The quantitative estimate of drug-likeness (QED) is 0.703. The molecular formula is C21H22N3O4S+. The molecule has 1 amide bonds. The number of amides is 1. The van der Waals surface area contributed by atoms with Gasteiger partial charge in [-0.15, -0.1) is 11.3 Å². The zero-order valence-electron chi connectivity index (χ0n) is 15.9. The van der Waals surface area contributed by atoms with Gasteiger partial charge in [-0.05, 0) is 23.6 Å². The number of ether oxygens (including phenoxy) is 2. The molecule has 1 fully saturated rings. The van der Waals surface area contributed by atoms with E-state index in [1.807, 2.05) is 52.7 Å². The van der Waals surface area contributed by atoms with Crippen molar-refractivity contribution in [2.45, 2.75) is 12.6 Å². The average Bonchev–Trinajstić information content (AvgIpc) is 3.45. The van der Waals surface area contributed by atoms with E-state index in [1.54, 1.807) is 11.3 Å². The highest BCUT2D eigenvalue weighted by molar-refractivity contribution is 7.13. The average molecular weight is 412 g/mol. The van der Waals surface area contributed by atoms with Crippen molar-refractivity contribution >= 4 is 17.2 Å². The van der Waals surface area contributed by atoms with Gasteiger partial charge < -0.3 is 23.8 Å². The van der Waals surface area contributed by atoms with Gasteiger partial charge in [-0.2, -0.15) is 0 Å². The monoisotopic (exact) mass is 412 g/mol. The molecule has 4 heterocycles. The summed E-state index contributed by atoms with van der Waals surface area (Å²) in [5.74, 6) is 2.15. The molecule has 0 unspecified atom stereocenters. The number of nitrogens with one attached hydrogen (secondary N) is 1. The van der Waals surface area contributed by atoms with Crippen molar-refractivity contribution in [3.8, 4) is 22.1 Å². The molecule has 1 atom stereocenters. The number of para-hydroxylation sites is 2. The summed E-state index contributed by atoms with van der Waals surface area (Å²) in [6, 6.07) is 13.5. The van der Waals surface area contributed by atoms with E-state index in [0.29, 0.717) is 24.6 Å². The summed E-state index contributed by atoms with van der Waals surface area (Å²) in [6.07, 6.45) is -0.574. The molecule has 2 aromatic heterocycles. The van der Waals surface area contributed by atoms with Crippen LogP contribution in [0.15, 0.2) is 52.4 Å². The largest absolute Gasteiger partial charge is 0.485 e. The van der Waals surface area contributed by atoms with Gasteiger partial charge in [0.25, 0.3) is 5.91 Å². The Labute approximate surface area is 172 Å². The maximum absolute atomic E-state index is 12.8. The smallest absolute Gasteiger partial charge is 0.267 e. The molecule has 8 heteroatoms. The van der Waals surface area contributed by atoms with Crippen molar-refractivity contribution in [1.82, 2.24) is 10.1 Å². The summed E-state index contributed by atoms with van der Waals surface area (Å²) in [7, 11) is 0. The number of piperazine rings is 1. The van der Waals surface area contributed by atoms with Crippen molar-refractivity contribution < 1.29 is 23.7 Å². The summed E-state index contributed by atoms with van der Waals surface area (Å²) in [6.45, 7) is 4.20. The number of carbonyl (C=O) groups excluding carboxylic acids is 1. The Morgan fingerprint density at radius 3 is 2.79 bits per heavy atom. The second kappa shape index (κ2) is 7.88. The van der Waals surface area contributed by atoms with Gasteiger partial charge in [-0.25, -0.2) is 0 Å². The number of benzene rings is 1. The first kappa shape index (κ1) is 18.2. The zero-order chi connectivity index (χ0) is 19.6. The van der Waals surface area contributed by atoms with Crippen LogP contribution in [0.1, 0.15) is 5.69 Å². The molecule has 1 saturated heterocycles. The Morgan fingerprint density at radius 2 is 2.00 bits per heavy atom. The zero-order valence-corrected chi connectivity index (χ0v) is 16.7. The van der Waals surface area contributed by atoms with Gasteiger partial charge in [-0.3, -0.25) is 4.79 Å². The molecule has 0 aliphatic carbocycles. The van der Waals surface area contributed by atoms with Gasteiger partial charge in [0.2, 0.25) is 6.10 Å². The van der Waals surface area contributed by atoms with Crippen molar-refractivity contribution in [3.63, 3.8) is 0 Å². The standard InChI is InChI=1S/C21H21N3O4S/c25-21(19-14-26-16-4-1-2-5-17(16)27-19)24-9-7-23(8-10-24)13-15-12-18(28-22-15)20-6-3-11-29-20/h1-6,11-12,19H,7-10,13-14H2/p+1/t19-/m0/s1. The van der Waals surface area contributed by atoms with Gasteiger partial charge in [-0.1, -0.05) is 23.4 Å². The highest BCUT2D eigenvalue weighted by atomic mass is 32.1. The molecule has 1 N–H and O–H groups in total. The minimum atomic E-state index is -0.574. The van der Waals surface area contributed by atoms with Crippen molar-refractivity contribution in [3.05, 3.63) is 53.5 Å². The number of fused-ring (bicyclic) bond motifs is 1. The lowest BCUT2D eigenvalue weighted by Gasteiger charge is -2.35. The summed E-state index contributed by atoms with van der Waals surface area (Å²) in [5, 5.41) is 6.24. The predicted molar refractivity (Wildman–Crippen MR) is 107 cm³/mol. The van der Waals surface area contributed by atoms with Gasteiger partial charge >= 0.3 is 0 Å². The molecule has 0 saturated carbocycles. The molecule has 0 radical (unpaired) electrons. The van der Waals surface area contributed by atoms with Crippen LogP contribution in [0.2, 0.25) is 0 Å². The van der Waals surface area contributed by atoms with Gasteiger partial charge in [0.05, 0.1) is 31.1 Å². The molecule has 1 aromatic carbocycles. The normalized spacial score (nSPS) is 19.3. The molecule has 0 spiro atoms. The maximum atomic E-state index is 12.8. The number of rotatable bonds is 4. The lowest BCUT2D eigenvalue weighted by atomic mass is 10.2. The van der Waals surface area contributed by atoms with E-state index in [0.717, 1.165) is 36.0 Å². The Balaban J connectivity index is 1.14. The second-order valence-corrected chi connectivity index (χ2v) is 8.22. The number of thiophene rings is 1. The van der Waals surface area contributed by atoms with E-state index < -0.39 is 6.10 Å². The fourth-order valence-electron chi connectivity index (χ4n) is 3.75. The summed E-state index contributed by atoms with van der Waals surface area (Å²) < 4.78 is 17.0. The molecule has 29 heavy (non-hydrogen) atoms. The number of nitrogens with zero attached hydrogens (tertiary/aromatic N) is 2. The molecule has 2 aliphatic rings. The fourth-order valence-corrected chi connectivity index (χ4v) is 4.42. The first-order valence-corrected chi connectivity index (χ1v) is 10.6. The van der Waals surface area contributed by atoms with Crippen LogP contribution in [0.25, 0.3) is 10.6 Å². The van der Waals surface area contributed by atoms with Crippen LogP contribution in [0, 0.1) is 0 Å². The van der Waals surface area contributed by atoms with Gasteiger partial charge in [0.15, 0.2) is 17.3 Å². The number of hydrogen-bond donors (Lipinski definition) is 1. The minimum absolute atomic E-state index is 0.0000270. The Bertz CT molecular complexity index is 979.